The molecule has 0 bridgehead atoms. The Morgan fingerprint density at radius 3 is 3.12 bits per heavy atom. The fourth-order valence-electron chi connectivity index (χ4n) is 1.55. The van der Waals surface area contributed by atoms with Crippen LogP contribution in [0.15, 0.2) is 12.5 Å². The molecular formula is C11H19N3O3. The highest BCUT2D eigenvalue weighted by Crippen LogP contribution is 2.10. The van der Waals surface area contributed by atoms with Gasteiger partial charge in [0.05, 0.1) is 31.3 Å². The van der Waals surface area contributed by atoms with Gasteiger partial charge in [-0.15, -0.1) is 0 Å². The molecule has 1 atom stereocenters. The number of hydrogen-bond acceptors (Lipinski definition) is 5. The summed E-state index contributed by atoms with van der Waals surface area (Å²) in [6.45, 7) is 2.71. The van der Waals surface area contributed by atoms with Crippen LogP contribution in [0.25, 0.3) is 0 Å². The molecule has 0 spiro atoms. The van der Waals surface area contributed by atoms with Crippen molar-refractivity contribution in [1.82, 2.24) is 9.55 Å². The van der Waals surface area contributed by atoms with E-state index >= 15 is 0 Å². The molecule has 17 heavy (non-hydrogen) atoms. The first-order chi connectivity index (χ1) is 8.19. The van der Waals surface area contributed by atoms with Crippen molar-refractivity contribution in [2.24, 2.45) is 5.73 Å². The van der Waals surface area contributed by atoms with Gasteiger partial charge in [-0.3, -0.25) is 4.79 Å². The molecule has 0 radical (unpaired) electrons. The first-order valence-corrected chi connectivity index (χ1v) is 5.71. The van der Waals surface area contributed by atoms with Crippen LogP contribution in [0.5, 0.6) is 0 Å². The van der Waals surface area contributed by atoms with E-state index in [1.165, 1.54) is 0 Å². The molecule has 1 aromatic heterocycles. The molecule has 96 valence electrons. The number of aliphatic hydroxyl groups excluding tert-OH is 1. The van der Waals surface area contributed by atoms with Crippen molar-refractivity contribution in [3.63, 3.8) is 0 Å². The predicted octanol–water partition coefficient (Wildman–Crippen LogP) is 0.219. The summed E-state index contributed by atoms with van der Waals surface area (Å²) in [5, 5.41) is 8.97. The van der Waals surface area contributed by atoms with E-state index in [2.05, 4.69) is 4.98 Å². The molecule has 0 aliphatic carbocycles. The molecule has 0 saturated carbocycles. The van der Waals surface area contributed by atoms with Crippen LogP contribution in [0.3, 0.4) is 0 Å². The van der Waals surface area contributed by atoms with Crippen molar-refractivity contribution in [1.29, 1.82) is 0 Å². The number of ether oxygens (including phenoxy) is 1. The highest BCUT2D eigenvalue weighted by molar-refractivity contribution is 5.69. The first-order valence-electron chi connectivity index (χ1n) is 5.71. The zero-order valence-electron chi connectivity index (χ0n) is 10.0. The van der Waals surface area contributed by atoms with E-state index in [1.807, 2.05) is 4.57 Å². The quantitative estimate of drug-likeness (QED) is 0.666. The highest BCUT2D eigenvalue weighted by Gasteiger charge is 2.10. The molecule has 1 aromatic rings. The second-order valence-corrected chi connectivity index (χ2v) is 3.71. The standard InChI is InChI=1S/C11H19N3O3/c1-2-17-11(16)4-3-5-14-8-13-6-10(14)9(12)7-15/h6,8-9,15H,2-5,7,12H2,1H3. The van der Waals surface area contributed by atoms with Crippen LogP contribution in [0.4, 0.5) is 0 Å². The minimum atomic E-state index is -0.430. The number of rotatable bonds is 7. The van der Waals surface area contributed by atoms with Crippen molar-refractivity contribution < 1.29 is 14.6 Å². The predicted molar refractivity (Wildman–Crippen MR) is 62.1 cm³/mol. The number of aryl methyl sites for hydroxylation is 1. The molecule has 6 nitrogen and oxygen atoms in total. The van der Waals surface area contributed by atoms with Gasteiger partial charge in [-0.05, 0) is 13.3 Å². The third-order valence-corrected chi connectivity index (χ3v) is 2.41. The summed E-state index contributed by atoms with van der Waals surface area (Å²) in [6.07, 6.45) is 4.32. The lowest BCUT2D eigenvalue weighted by Crippen LogP contribution is -2.19. The number of nitrogens with zero attached hydrogens (tertiary/aromatic N) is 2. The highest BCUT2D eigenvalue weighted by atomic mass is 16.5. The topological polar surface area (TPSA) is 90.4 Å². The number of aliphatic hydroxyl groups is 1. The Bertz CT molecular complexity index is 351. The smallest absolute Gasteiger partial charge is 0.305 e. The van der Waals surface area contributed by atoms with Gasteiger partial charge in [-0.1, -0.05) is 0 Å². The van der Waals surface area contributed by atoms with Crippen molar-refractivity contribution in [3.05, 3.63) is 18.2 Å². The van der Waals surface area contributed by atoms with E-state index in [9.17, 15) is 4.79 Å². The van der Waals surface area contributed by atoms with Gasteiger partial charge in [0.25, 0.3) is 0 Å². The van der Waals surface area contributed by atoms with Gasteiger partial charge in [0.2, 0.25) is 0 Å². The van der Waals surface area contributed by atoms with E-state index < -0.39 is 6.04 Å². The average Bonchev–Trinajstić information content (AvgIpc) is 2.77. The summed E-state index contributed by atoms with van der Waals surface area (Å²) in [5.41, 5.74) is 6.49. The van der Waals surface area contributed by atoms with Crippen LogP contribution in [-0.4, -0.2) is 33.8 Å². The van der Waals surface area contributed by atoms with E-state index in [4.69, 9.17) is 15.6 Å². The second kappa shape index (κ2) is 7.03. The number of carbonyl (C=O) groups excluding carboxylic acids is 1. The molecule has 6 heteroatoms. The minimum absolute atomic E-state index is 0.121. The van der Waals surface area contributed by atoms with Crippen LogP contribution < -0.4 is 5.73 Å². The molecular weight excluding hydrogens is 222 g/mol. The van der Waals surface area contributed by atoms with Crippen molar-refractivity contribution >= 4 is 5.97 Å². The Labute approximate surface area is 100 Å². The van der Waals surface area contributed by atoms with E-state index in [0.29, 0.717) is 26.0 Å². The van der Waals surface area contributed by atoms with Gasteiger partial charge >= 0.3 is 5.97 Å². The van der Waals surface area contributed by atoms with Crippen LogP contribution in [0.1, 0.15) is 31.5 Å². The molecule has 1 heterocycles. The lowest BCUT2D eigenvalue weighted by atomic mass is 10.2. The number of hydrogen-bond donors (Lipinski definition) is 2. The average molecular weight is 241 g/mol. The van der Waals surface area contributed by atoms with Crippen molar-refractivity contribution in [3.8, 4) is 0 Å². The van der Waals surface area contributed by atoms with Gasteiger partial charge in [-0.25, -0.2) is 4.98 Å². The maximum atomic E-state index is 11.1. The fourth-order valence-corrected chi connectivity index (χ4v) is 1.55. The number of carbonyl (C=O) groups is 1. The van der Waals surface area contributed by atoms with Crippen LogP contribution >= 0.6 is 0 Å². The monoisotopic (exact) mass is 241 g/mol. The molecule has 0 aliphatic heterocycles. The van der Waals surface area contributed by atoms with Gasteiger partial charge in [0.15, 0.2) is 0 Å². The Balaban J connectivity index is 2.41. The molecule has 0 amide bonds. The molecule has 1 rings (SSSR count). The lowest BCUT2D eigenvalue weighted by Gasteiger charge is -2.12. The van der Waals surface area contributed by atoms with Gasteiger partial charge in [0.1, 0.15) is 0 Å². The van der Waals surface area contributed by atoms with Crippen molar-refractivity contribution in [2.45, 2.75) is 32.4 Å². The van der Waals surface area contributed by atoms with Crippen LogP contribution in [0, 0.1) is 0 Å². The van der Waals surface area contributed by atoms with E-state index in [-0.39, 0.29) is 12.6 Å². The Hall–Kier alpha value is -1.40. The Kier molecular flexibility index (Phi) is 5.65. The summed E-state index contributed by atoms with van der Waals surface area (Å²) < 4.78 is 6.68. The molecule has 1 unspecified atom stereocenters. The maximum Gasteiger partial charge on any atom is 0.305 e. The number of nitrogens with two attached hydrogens (primary N) is 1. The van der Waals surface area contributed by atoms with E-state index in [0.717, 1.165) is 5.69 Å². The number of aromatic nitrogens is 2. The largest absolute Gasteiger partial charge is 0.466 e. The van der Waals surface area contributed by atoms with Crippen LogP contribution in [-0.2, 0) is 16.1 Å². The molecule has 0 aliphatic rings. The van der Waals surface area contributed by atoms with Gasteiger partial charge in [-0.2, -0.15) is 0 Å². The zero-order chi connectivity index (χ0) is 12.7. The maximum absolute atomic E-state index is 11.1. The Morgan fingerprint density at radius 1 is 1.71 bits per heavy atom. The third kappa shape index (κ3) is 4.16. The summed E-state index contributed by atoms with van der Waals surface area (Å²) in [7, 11) is 0. The summed E-state index contributed by atoms with van der Waals surface area (Å²) >= 11 is 0. The molecule has 3 N–H and O–H groups in total. The molecule has 0 saturated heterocycles. The number of imidazole rings is 1. The minimum Gasteiger partial charge on any atom is -0.466 e. The summed E-state index contributed by atoms with van der Waals surface area (Å²) in [4.78, 5) is 15.1. The molecule has 0 fully saturated rings. The lowest BCUT2D eigenvalue weighted by molar-refractivity contribution is -0.143. The SMILES string of the molecule is CCOC(=O)CCCn1cncc1C(N)CO. The van der Waals surface area contributed by atoms with Gasteiger partial charge < -0.3 is 20.1 Å². The molecule has 0 aromatic carbocycles. The third-order valence-electron chi connectivity index (χ3n) is 2.41. The summed E-state index contributed by atoms with van der Waals surface area (Å²) in [6, 6.07) is -0.430. The van der Waals surface area contributed by atoms with Gasteiger partial charge in [0, 0.05) is 19.2 Å². The van der Waals surface area contributed by atoms with E-state index in [1.54, 1.807) is 19.4 Å². The Morgan fingerprint density at radius 2 is 2.47 bits per heavy atom. The summed E-state index contributed by atoms with van der Waals surface area (Å²) in [5.74, 6) is -0.194. The second-order valence-electron chi connectivity index (χ2n) is 3.71. The fraction of sp³-hybridized carbons (Fsp3) is 0.636. The normalized spacial score (nSPS) is 12.4. The van der Waals surface area contributed by atoms with Crippen molar-refractivity contribution in [2.75, 3.05) is 13.2 Å². The zero-order valence-corrected chi connectivity index (χ0v) is 10.0. The van der Waals surface area contributed by atoms with Crippen LogP contribution in [0.2, 0.25) is 0 Å². The first kappa shape index (κ1) is 13.7. The number of esters is 1.